The van der Waals surface area contributed by atoms with E-state index in [0.717, 1.165) is 24.7 Å². The molecule has 0 amide bonds. The standard InChI is InChI=1S/C8H8O.C5H10.C2H6/c1-2-4-8-7(3-1)5-6-9-8;1-2-5-3-4-5;1-2/h1-4H,5-6H2;5H,2-4H2,1H3;1-2H3. The number of fused-ring (bicyclic) bond motifs is 1. The molecule has 1 aliphatic carbocycles. The topological polar surface area (TPSA) is 9.23 Å². The molecular formula is C15H24O. The lowest BCUT2D eigenvalue weighted by Gasteiger charge is -1.93. The normalized spacial score (nSPS) is 15.9. The molecule has 3 rings (SSSR count). The summed E-state index contributed by atoms with van der Waals surface area (Å²) in [5.41, 5.74) is 1.34. The Morgan fingerprint density at radius 2 is 1.88 bits per heavy atom. The Kier molecular flexibility index (Phi) is 5.99. The molecule has 1 aliphatic heterocycles. The molecule has 1 heteroatoms. The lowest BCUT2D eigenvalue weighted by atomic mass is 10.2. The van der Waals surface area contributed by atoms with Crippen LogP contribution in [0.4, 0.5) is 0 Å². The first-order chi connectivity index (χ1) is 7.90. The summed E-state index contributed by atoms with van der Waals surface area (Å²) in [7, 11) is 0. The molecule has 1 fully saturated rings. The Bertz CT molecular complexity index is 266. The Balaban J connectivity index is 0.000000156. The second kappa shape index (κ2) is 7.32. The molecule has 0 radical (unpaired) electrons. The van der Waals surface area contributed by atoms with Gasteiger partial charge in [0.05, 0.1) is 6.61 Å². The van der Waals surface area contributed by atoms with Gasteiger partial charge in [0.25, 0.3) is 0 Å². The molecule has 0 N–H and O–H groups in total. The first-order valence-electron chi connectivity index (χ1n) is 6.61. The van der Waals surface area contributed by atoms with Crippen molar-refractivity contribution < 1.29 is 4.74 Å². The quantitative estimate of drug-likeness (QED) is 0.679. The molecule has 0 spiro atoms. The van der Waals surface area contributed by atoms with E-state index in [1.165, 1.54) is 24.8 Å². The van der Waals surface area contributed by atoms with Crippen molar-refractivity contribution >= 4 is 0 Å². The molecule has 1 heterocycles. The van der Waals surface area contributed by atoms with Gasteiger partial charge in [-0.2, -0.15) is 0 Å². The van der Waals surface area contributed by atoms with Crippen LogP contribution in [0.15, 0.2) is 24.3 Å². The molecule has 0 aromatic heterocycles. The Morgan fingerprint density at radius 1 is 1.19 bits per heavy atom. The molecule has 0 unspecified atom stereocenters. The van der Waals surface area contributed by atoms with Crippen LogP contribution < -0.4 is 4.74 Å². The highest BCUT2D eigenvalue weighted by Gasteiger charge is 2.17. The highest BCUT2D eigenvalue weighted by atomic mass is 16.5. The number of benzene rings is 1. The zero-order chi connectivity index (χ0) is 11.8. The van der Waals surface area contributed by atoms with Gasteiger partial charge in [0.15, 0.2) is 0 Å². The van der Waals surface area contributed by atoms with E-state index in [2.05, 4.69) is 13.0 Å². The van der Waals surface area contributed by atoms with Gasteiger partial charge in [-0.1, -0.05) is 58.2 Å². The zero-order valence-electron chi connectivity index (χ0n) is 10.8. The lowest BCUT2D eigenvalue weighted by molar-refractivity contribution is 0.357. The molecular weight excluding hydrogens is 196 g/mol. The van der Waals surface area contributed by atoms with Crippen LogP contribution >= 0.6 is 0 Å². The number of rotatable bonds is 1. The van der Waals surface area contributed by atoms with Gasteiger partial charge in [0.1, 0.15) is 5.75 Å². The molecule has 1 nitrogen and oxygen atoms in total. The molecule has 0 saturated heterocycles. The third-order valence-corrected chi connectivity index (χ3v) is 2.88. The van der Waals surface area contributed by atoms with E-state index < -0.39 is 0 Å². The summed E-state index contributed by atoms with van der Waals surface area (Å²) in [4.78, 5) is 0. The van der Waals surface area contributed by atoms with Crippen molar-refractivity contribution in [2.24, 2.45) is 5.92 Å². The number of hydrogen-bond donors (Lipinski definition) is 0. The monoisotopic (exact) mass is 220 g/mol. The van der Waals surface area contributed by atoms with Crippen LogP contribution in [0.25, 0.3) is 0 Å². The Labute approximate surface area is 99.8 Å². The number of para-hydroxylation sites is 1. The summed E-state index contributed by atoms with van der Waals surface area (Å²) < 4.78 is 5.30. The highest BCUT2D eigenvalue weighted by Crippen LogP contribution is 2.31. The van der Waals surface area contributed by atoms with Gasteiger partial charge in [-0.05, 0) is 17.5 Å². The van der Waals surface area contributed by atoms with Crippen molar-refractivity contribution in [3.8, 4) is 5.75 Å². The second-order valence-electron chi connectivity index (χ2n) is 4.06. The molecule has 16 heavy (non-hydrogen) atoms. The van der Waals surface area contributed by atoms with E-state index in [-0.39, 0.29) is 0 Å². The largest absolute Gasteiger partial charge is 0.493 e. The fraction of sp³-hybridized carbons (Fsp3) is 0.600. The summed E-state index contributed by atoms with van der Waals surface area (Å²) in [6.45, 7) is 7.12. The van der Waals surface area contributed by atoms with E-state index >= 15 is 0 Å². The van der Waals surface area contributed by atoms with Crippen molar-refractivity contribution in [2.75, 3.05) is 6.61 Å². The molecule has 0 atom stereocenters. The van der Waals surface area contributed by atoms with Gasteiger partial charge < -0.3 is 4.74 Å². The summed E-state index contributed by atoms with van der Waals surface area (Å²) >= 11 is 0. The third kappa shape index (κ3) is 4.26. The van der Waals surface area contributed by atoms with Gasteiger partial charge >= 0.3 is 0 Å². The smallest absolute Gasteiger partial charge is 0.122 e. The first-order valence-corrected chi connectivity index (χ1v) is 6.61. The summed E-state index contributed by atoms with van der Waals surface area (Å²) in [5.74, 6) is 2.20. The van der Waals surface area contributed by atoms with Crippen LogP contribution in [0.1, 0.15) is 45.6 Å². The molecule has 90 valence electrons. The van der Waals surface area contributed by atoms with E-state index in [1.807, 2.05) is 32.0 Å². The molecule has 0 bridgehead atoms. The van der Waals surface area contributed by atoms with Gasteiger partial charge in [0, 0.05) is 6.42 Å². The van der Waals surface area contributed by atoms with Gasteiger partial charge in [0.2, 0.25) is 0 Å². The highest BCUT2D eigenvalue weighted by molar-refractivity contribution is 5.35. The van der Waals surface area contributed by atoms with Gasteiger partial charge in [-0.3, -0.25) is 0 Å². The molecule has 1 aromatic carbocycles. The Morgan fingerprint density at radius 3 is 2.38 bits per heavy atom. The maximum atomic E-state index is 5.30. The van der Waals surface area contributed by atoms with Gasteiger partial charge in [-0.25, -0.2) is 0 Å². The third-order valence-electron chi connectivity index (χ3n) is 2.88. The number of hydrogen-bond acceptors (Lipinski definition) is 1. The van der Waals surface area contributed by atoms with E-state index in [1.54, 1.807) is 0 Å². The van der Waals surface area contributed by atoms with Crippen molar-refractivity contribution in [3.05, 3.63) is 29.8 Å². The zero-order valence-corrected chi connectivity index (χ0v) is 10.8. The van der Waals surface area contributed by atoms with Crippen molar-refractivity contribution in [3.63, 3.8) is 0 Å². The van der Waals surface area contributed by atoms with Crippen molar-refractivity contribution in [1.82, 2.24) is 0 Å². The number of ether oxygens (including phenoxy) is 1. The predicted molar refractivity (Wildman–Crippen MR) is 70.0 cm³/mol. The predicted octanol–water partition coefficient (Wildman–Crippen LogP) is 4.45. The SMILES string of the molecule is CC.CCC1CC1.c1ccc2c(c1)CCO2. The Hall–Kier alpha value is -0.980. The van der Waals surface area contributed by atoms with Gasteiger partial charge in [-0.15, -0.1) is 0 Å². The minimum Gasteiger partial charge on any atom is -0.493 e. The van der Waals surface area contributed by atoms with Crippen molar-refractivity contribution in [2.45, 2.75) is 46.5 Å². The fourth-order valence-electron chi connectivity index (χ4n) is 1.65. The fourth-order valence-corrected chi connectivity index (χ4v) is 1.65. The molecule has 2 aliphatic rings. The van der Waals surface area contributed by atoms with E-state index in [0.29, 0.717) is 0 Å². The van der Waals surface area contributed by atoms with Crippen LogP contribution in [-0.4, -0.2) is 6.61 Å². The van der Waals surface area contributed by atoms with Crippen LogP contribution in [0.2, 0.25) is 0 Å². The average Bonchev–Trinajstić information content (AvgIpc) is 3.09. The maximum absolute atomic E-state index is 5.30. The van der Waals surface area contributed by atoms with Crippen molar-refractivity contribution in [1.29, 1.82) is 0 Å². The maximum Gasteiger partial charge on any atom is 0.122 e. The van der Waals surface area contributed by atoms with Crippen LogP contribution in [0.5, 0.6) is 5.75 Å². The minimum absolute atomic E-state index is 0.860. The summed E-state index contributed by atoms with van der Waals surface area (Å²) in [6.07, 6.45) is 5.52. The average molecular weight is 220 g/mol. The second-order valence-corrected chi connectivity index (χ2v) is 4.06. The lowest BCUT2D eigenvalue weighted by Crippen LogP contribution is -1.85. The van der Waals surface area contributed by atoms with Crippen LogP contribution in [0, 0.1) is 5.92 Å². The van der Waals surface area contributed by atoms with Crippen LogP contribution in [-0.2, 0) is 6.42 Å². The first kappa shape index (κ1) is 13.1. The summed E-state index contributed by atoms with van der Waals surface area (Å²) in [6, 6.07) is 8.18. The van der Waals surface area contributed by atoms with E-state index in [4.69, 9.17) is 4.74 Å². The minimum atomic E-state index is 0.860. The van der Waals surface area contributed by atoms with E-state index in [9.17, 15) is 0 Å². The molecule has 1 aromatic rings. The van der Waals surface area contributed by atoms with Crippen LogP contribution in [0.3, 0.4) is 0 Å². The molecule has 1 saturated carbocycles. The summed E-state index contributed by atoms with van der Waals surface area (Å²) in [5, 5.41) is 0.